The molecule has 7 nitrogen and oxygen atoms in total. The van der Waals surface area contributed by atoms with Gasteiger partial charge in [-0.3, -0.25) is 0 Å². The predicted molar refractivity (Wildman–Crippen MR) is 107 cm³/mol. The van der Waals surface area contributed by atoms with Gasteiger partial charge in [-0.15, -0.1) is 0 Å². The van der Waals surface area contributed by atoms with Crippen molar-refractivity contribution < 1.29 is 29.3 Å². The van der Waals surface area contributed by atoms with Gasteiger partial charge in [0.15, 0.2) is 11.5 Å². The van der Waals surface area contributed by atoms with Gasteiger partial charge >= 0.3 is 11.9 Å². The third-order valence-electron chi connectivity index (χ3n) is 3.44. The maximum absolute atomic E-state index is 9.10. The van der Waals surface area contributed by atoms with E-state index in [4.69, 9.17) is 29.3 Å². The fourth-order valence-corrected chi connectivity index (χ4v) is 2.16. The van der Waals surface area contributed by atoms with Crippen molar-refractivity contribution >= 4 is 18.0 Å². The van der Waals surface area contributed by atoms with Gasteiger partial charge in [0.25, 0.3) is 0 Å². The number of carboxylic acids is 2. The summed E-state index contributed by atoms with van der Waals surface area (Å²) in [6.07, 6.45) is 4.04. The van der Waals surface area contributed by atoms with Gasteiger partial charge in [0.1, 0.15) is 6.61 Å². The standard InChI is InChI=1S/C19H23NO2.C2H2O4/c1-3-7-16-10-11-18(19(14-16)21-2)22-13-12-20-15-17-8-5-4-6-9-17;3-1(4)2(5)6/h3-11,14,20H,12-13,15H2,1-2H3;(H,3,4)(H,5,6). The fraction of sp³-hybridized carbons (Fsp3) is 0.238. The monoisotopic (exact) mass is 387 g/mol. The van der Waals surface area contributed by atoms with Crippen LogP contribution in [0.25, 0.3) is 6.08 Å². The van der Waals surface area contributed by atoms with E-state index in [0.29, 0.717) is 6.61 Å². The Kier molecular flexibility index (Phi) is 10.5. The molecule has 2 aromatic rings. The lowest BCUT2D eigenvalue weighted by atomic mass is 10.2. The lowest BCUT2D eigenvalue weighted by molar-refractivity contribution is -0.159. The number of methoxy groups -OCH3 is 1. The quantitative estimate of drug-likeness (QED) is 0.472. The summed E-state index contributed by atoms with van der Waals surface area (Å²) in [6, 6.07) is 16.3. The highest BCUT2D eigenvalue weighted by Gasteiger charge is 2.05. The maximum Gasteiger partial charge on any atom is 0.414 e. The minimum atomic E-state index is -1.82. The van der Waals surface area contributed by atoms with E-state index in [1.807, 2.05) is 55.5 Å². The molecule has 0 spiro atoms. The molecular formula is C21H25NO6. The van der Waals surface area contributed by atoms with Crippen molar-refractivity contribution in [1.29, 1.82) is 0 Å². The molecule has 0 amide bonds. The minimum absolute atomic E-state index is 0.603. The van der Waals surface area contributed by atoms with Gasteiger partial charge in [-0.25, -0.2) is 9.59 Å². The van der Waals surface area contributed by atoms with Crippen LogP contribution >= 0.6 is 0 Å². The summed E-state index contributed by atoms with van der Waals surface area (Å²) < 4.78 is 11.2. The molecule has 0 aliphatic rings. The Balaban J connectivity index is 0.000000568. The molecule has 2 aromatic carbocycles. The summed E-state index contributed by atoms with van der Waals surface area (Å²) in [7, 11) is 1.66. The zero-order valence-corrected chi connectivity index (χ0v) is 15.9. The number of carbonyl (C=O) groups is 2. The van der Waals surface area contributed by atoms with Gasteiger partial charge in [0, 0.05) is 13.1 Å². The first-order valence-corrected chi connectivity index (χ1v) is 8.62. The molecule has 0 radical (unpaired) electrons. The average Bonchev–Trinajstić information content (AvgIpc) is 2.70. The van der Waals surface area contributed by atoms with Crippen LogP contribution in [0.5, 0.6) is 11.5 Å². The summed E-state index contributed by atoms with van der Waals surface area (Å²) in [4.78, 5) is 18.2. The van der Waals surface area contributed by atoms with Gasteiger partial charge in [-0.2, -0.15) is 0 Å². The molecule has 0 heterocycles. The van der Waals surface area contributed by atoms with Crippen molar-refractivity contribution in [2.45, 2.75) is 13.5 Å². The number of carboxylic acid groups (broad SMARTS) is 2. The molecule has 3 N–H and O–H groups in total. The molecule has 0 fully saturated rings. The van der Waals surface area contributed by atoms with Crippen LogP contribution in [0.3, 0.4) is 0 Å². The van der Waals surface area contributed by atoms with Crippen molar-refractivity contribution in [2.24, 2.45) is 0 Å². The second kappa shape index (κ2) is 12.9. The third kappa shape index (κ3) is 8.86. The average molecular weight is 387 g/mol. The topological polar surface area (TPSA) is 105 Å². The first-order valence-electron chi connectivity index (χ1n) is 8.62. The van der Waals surface area contributed by atoms with Gasteiger partial charge in [0.05, 0.1) is 7.11 Å². The molecule has 0 saturated heterocycles. The number of ether oxygens (including phenoxy) is 2. The summed E-state index contributed by atoms with van der Waals surface area (Å²) in [5, 5.41) is 18.1. The molecule has 0 aliphatic heterocycles. The summed E-state index contributed by atoms with van der Waals surface area (Å²) in [6.45, 7) is 4.23. The second-order valence-electron chi connectivity index (χ2n) is 5.53. The van der Waals surface area contributed by atoms with Crippen molar-refractivity contribution in [3.05, 3.63) is 65.7 Å². The number of allylic oxidation sites excluding steroid dienone is 1. The molecule has 0 aromatic heterocycles. The lowest BCUT2D eigenvalue weighted by Crippen LogP contribution is -2.20. The zero-order chi connectivity index (χ0) is 20.8. The van der Waals surface area contributed by atoms with E-state index < -0.39 is 11.9 Å². The normalized spacial score (nSPS) is 10.1. The second-order valence-corrected chi connectivity index (χ2v) is 5.53. The number of benzene rings is 2. The molecule has 0 aliphatic carbocycles. The highest BCUT2D eigenvalue weighted by atomic mass is 16.5. The molecule has 28 heavy (non-hydrogen) atoms. The van der Waals surface area contributed by atoms with Gasteiger partial charge in [-0.05, 0) is 30.2 Å². The Labute approximate surface area is 164 Å². The number of hydrogen-bond donors (Lipinski definition) is 3. The van der Waals surface area contributed by atoms with E-state index in [-0.39, 0.29) is 0 Å². The van der Waals surface area contributed by atoms with Crippen molar-refractivity contribution in [3.8, 4) is 11.5 Å². The first kappa shape index (κ1) is 22.7. The van der Waals surface area contributed by atoms with Crippen LogP contribution in [0.2, 0.25) is 0 Å². The SMILES string of the molecule is CC=Cc1ccc(OCCNCc2ccccc2)c(OC)c1.O=C(O)C(=O)O. The zero-order valence-electron chi connectivity index (χ0n) is 15.9. The van der Waals surface area contributed by atoms with Crippen LogP contribution in [-0.2, 0) is 16.1 Å². The Hall–Kier alpha value is -3.32. The minimum Gasteiger partial charge on any atom is -0.493 e. The van der Waals surface area contributed by atoms with E-state index in [9.17, 15) is 0 Å². The Morgan fingerprint density at radius 2 is 1.71 bits per heavy atom. The van der Waals surface area contributed by atoms with E-state index in [1.165, 1.54) is 5.56 Å². The molecule has 150 valence electrons. The predicted octanol–water partition coefficient (Wildman–Crippen LogP) is 3.05. The van der Waals surface area contributed by atoms with Crippen LogP contribution < -0.4 is 14.8 Å². The number of hydrogen-bond acceptors (Lipinski definition) is 5. The van der Waals surface area contributed by atoms with E-state index in [1.54, 1.807) is 7.11 Å². The van der Waals surface area contributed by atoms with E-state index in [0.717, 1.165) is 30.2 Å². The van der Waals surface area contributed by atoms with E-state index >= 15 is 0 Å². The molecule has 0 bridgehead atoms. The molecular weight excluding hydrogens is 362 g/mol. The summed E-state index contributed by atoms with van der Waals surface area (Å²) >= 11 is 0. The van der Waals surface area contributed by atoms with Crippen molar-refractivity contribution in [2.75, 3.05) is 20.3 Å². The Morgan fingerprint density at radius 3 is 2.29 bits per heavy atom. The van der Waals surface area contributed by atoms with Crippen LogP contribution in [0.1, 0.15) is 18.1 Å². The van der Waals surface area contributed by atoms with E-state index in [2.05, 4.69) is 17.4 Å². The van der Waals surface area contributed by atoms with Crippen LogP contribution in [-0.4, -0.2) is 42.4 Å². The highest BCUT2D eigenvalue weighted by Crippen LogP contribution is 2.28. The van der Waals surface area contributed by atoms with Crippen molar-refractivity contribution in [1.82, 2.24) is 5.32 Å². The van der Waals surface area contributed by atoms with Gasteiger partial charge in [0.2, 0.25) is 0 Å². The molecule has 2 rings (SSSR count). The Bertz CT molecular complexity index is 762. The molecule has 0 unspecified atom stereocenters. The first-order chi connectivity index (χ1) is 13.5. The lowest BCUT2D eigenvalue weighted by Gasteiger charge is -2.12. The highest BCUT2D eigenvalue weighted by molar-refractivity contribution is 6.27. The Morgan fingerprint density at radius 1 is 1.04 bits per heavy atom. The summed E-state index contributed by atoms with van der Waals surface area (Å²) in [5.41, 5.74) is 2.38. The maximum atomic E-state index is 9.10. The van der Waals surface area contributed by atoms with Crippen LogP contribution in [0, 0.1) is 0 Å². The summed E-state index contributed by atoms with van der Waals surface area (Å²) in [5.74, 6) is -2.11. The smallest absolute Gasteiger partial charge is 0.414 e. The molecule has 7 heteroatoms. The van der Waals surface area contributed by atoms with Crippen LogP contribution in [0.4, 0.5) is 0 Å². The van der Waals surface area contributed by atoms with Crippen molar-refractivity contribution in [3.63, 3.8) is 0 Å². The van der Waals surface area contributed by atoms with Gasteiger partial charge in [-0.1, -0.05) is 48.6 Å². The number of aliphatic carboxylic acids is 2. The third-order valence-corrected chi connectivity index (χ3v) is 3.44. The molecule has 0 atom stereocenters. The molecule has 0 saturated carbocycles. The largest absolute Gasteiger partial charge is 0.493 e. The van der Waals surface area contributed by atoms with Gasteiger partial charge < -0.3 is 25.0 Å². The number of rotatable bonds is 8. The fourth-order valence-electron chi connectivity index (χ4n) is 2.16. The number of nitrogens with one attached hydrogen (secondary N) is 1. The van der Waals surface area contributed by atoms with Crippen LogP contribution in [0.15, 0.2) is 54.6 Å².